The van der Waals surface area contributed by atoms with Crippen LogP contribution in [0.5, 0.6) is 11.5 Å². The summed E-state index contributed by atoms with van der Waals surface area (Å²) in [6, 6.07) is 11.4. The lowest BCUT2D eigenvalue weighted by Gasteiger charge is -2.15. The number of anilines is 1. The molecule has 0 aliphatic rings. The number of rotatable bonds is 2. The van der Waals surface area contributed by atoms with Gasteiger partial charge in [0.05, 0.1) is 11.3 Å². The first-order valence-electron chi connectivity index (χ1n) is 6.08. The highest BCUT2D eigenvalue weighted by molar-refractivity contribution is 5.64. The van der Waals surface area contributed by atoms with Crippen molar-refractivity contribution in [3.05, 3.63) is 52.6 Å². The van der Waals surface area contributed by atoms with Crippen LogP contribution in [0.2, 0.25) is 0 Å². The summed E-state index contributed by atoms with van der Waals surface area (Å²) < 4.78 is 5.92. The third-order valence-corrected chi connectivity index (χ3v) is 3.27. The summed E-state index contributed by atoms with van der Waals surface area (Å²) in [7, 11) is 0. The molecule has 0 heterocycles. The second-order valence-electron chi connectivity index (χ2n) is 4.58. The van der Waals surface area contributed by atoms with E-state index in [0.717, 1.165) is 22.4 Å². The molecule has 2 rings (SSSR count). The van der Waals surface area contributed by atoms with E-state index >= 15 is 0 Å². The highest BCUT2D eigenvalue weighted by Crippen LogP contribution is 2.34. The normalized spacial score (nSPS) is 10.0. The molecular weight excluding hydrogens is 236 g/mol. The van der Waals surface area contributed by atoms with Gasteiger partial charge in [0.1, 0.15) is 11.8 Å². The van der Waals surface area contributed by atoms with Gasteiger partial charge < -0.3 is 10.5 Å². The largest absolute Gasteiger partial charge is 0.455 e. The van der Waals surface area contributed by atoms with Crippen LogP contribution in [0.3, 0.4) is 0 Å². The number of nitrogen functional groups attached to an aromatic ring is 1. The van der Waals surface area contributed by atoms with Crippen molar-refractivity contribution in [2.24, 2.45) is 0 Å². The van der Waals surface area contributed by atoms with Gasteiger partial charge in [0.2, 0.25) is 0 Å². The third kappa shape index (κ3) is 2.38. The molecule has 0 unspecified atom stereocenters. The molecule has 0 saturated carbocycles. The van der Waals surface area contributed by atoms with Gasteiger partial charge in [-0.2, -0.15) is 5.26 Å². The van der Waals surface area contributed by atoms with Crippen molar-refractivity contribution in [2.45, 2.75) is 20.8 Å². The molecule has 3 heteroatoms. The first-order chi connectivity index (χ1) is 9.04. The zero-order valence-corrected chi connectivity index (χ0v) is 11.3. The van der Waals surface area contributed by atoms with Crippen molar-refractivity contribution < 1.29 is 4.74 Å². The predicted octanol–water partition coefficient (Wildman–Crippen LogP) is 3.86. The number of hydrogen-bond acceptors (Lipinski definition) is 3. The maximum atomic E-state index is 8.98. The summed E-state index contributed by atoms with van der Waals surface area (Å²) in [4.78, 5) is 0. The third-order valence-electron chi connectivity index (χ3n) is 3.27. The van der Waals surface area contributed by atoms with Crippen LogP contribution in [-0.4, -0.2) is 0 Å². The predicted molar refractivity (Wildman–Crippen MR) is 76.3 cm³/mol. The zero-order chi connectivity index (χ0) is 14.0. The minimum Gasteiger partial charge on any atom is -0.455 e. The molecular formula is C16H16N2O. The summed E-state index contributed by atoms with van der Waals surface area (Å²) in [5.41, 5.74) is 10.0. The molecule has 0 fully saturated rings. The molecule has 0 spiro atoms. The van der Waals surface area contributed by atoms with Gasteiger partial charge in [-0.3, -0.25) is 0 Å². The maximum absolute atomic E-state index is 8.98. The van der Waals surface area contributed by atoms with E-state index in [-0.39, 0.29) is 0 Å². The molecule has 0 bridgehead atoms. The number of benzene rings is 2. The monoisotopic (exact) mass is 252 g/mol. The van der Waals surface area contributed by atoms with Crippen LogP contribution in [0.25, 0.3) is 0 Å². The Kier molecular flexibility index (Phi) is 3.43. The fraction of sp³-hybridized carbons (Fsp3) is 0.188. The summed E-state index contributed by atoms with van der Waals surface area (Å²) in [6.07, 6.45) is 0. The highest BCUT2D eigenvalue weighted by Gasteiger charge is 2.11. The number of para-hydroxylation sites is 1. The van der Waals surface area contributed by atoms with E-state index in [0.29, 0.717) is 17.0 Å². The fourth-order valence-corrected chi connectivity index (χ4v) is 1.92. The van der Waals surface area contributed by atoms with Crippen molar-refractivity contribution in [2.75, 3.05) is 5.73 Å². The van der Waals surface area contributed by atoms with Crippen molar-refractivity contribution in [3.63, 3.8) is 0 Å². The maximum Gasteiger partial charge on any atom is 0.151 e. The molecule has 0 amide bonds. The summed E-state index contributed by atoms with van der Waals surface area (Å²) in [5.74, 6) is 1.33. The van der Waals surface area contributed by atoms with Gasteiger partial charge in [-0.25, -0.2) is 0 Å². The molecule has 0 aliphatic heterocycles. The van der Waals surface area contributed by atoms with Gasteiger partial charge in [-0.1, -0.05) is 18.2 Å². The van der Waals surface area contributed by atoms with Gasteiger partial charge in [0, 0.05) is 0 Å². The Morgan fingerprint density at radius 1 is 1.05 bits per heavy atom. The lowest BCUT2D eigenvalue weighted by Crippen LogP contribution is -1.98. The molecule has 0 aromatic heterocycles. The van der Waals surface area contributed by atoms with Crippen LogP contribution >= 0.6 is 0 Å². The number of nitrogens with two attached hydrogens (primary N) is 1. The number of nitrogens with zero attached hydrogens (tertiary/aromatic N) is 1. The molecule has 0 saturated heterocycles. The van der Waals surface area contributed by atoms with E-state index in [1.165, 1.54) is 0 Å². The number of nitriles is 1. The van der Waals surface area contributed by atoms with Crippen molar-refractivity contribution >= 4 is 5.69 Å². The summed E-state index contributed by atoms with van der Waals surface area (Å²) in [5, 5.41) is 8.98. The van der Waals surface area contributed by atoms with Crippen molar-refractivity contribution in [3.8, 4) is 17.6 Å². The minimum atomic E-state index is 0.380. The van der Waals surface area contributed by atoms with Crippen LogP contribution in [0.4, 0.5) is 5.69 Å². The van der Waals surface area contributed by atoms with Gasteiger partial charge in [0.15, 0.2) is 5.75 Å². The molecule has 0 radical (unpaired) electrons. The molecule has 2 aromatic rings. The molecule has 0 aliphatic carbocycles. The van der Waals surface area contributed by atoms with E-state index in [1.54, 1.807) is 18.2 Å². The van der Waals surface area contributed by atoms with Crippen molar-refractivity contribution in [1.29, 1.82) is 5.26 Å². The van der Waals surface area contributed by atoms with E-state index in [9.17, 15) is 0 Å². The Morgan fingerprint density at radius 2 is 1.74 bits per heavy atom. The lowest BCUT2D eigenvalue weighted by molar-refractivity contribution is 0.477. The Bertz CT molecular complexity index is 669. The molecule has 3 nitrogen and oxygen atoms in total. The molecule has 0 atom stereocenters. The van der Waals surface area contributed by atoms with Crippen LogP contribution in [0.1, 0.15) is 22.3 Å². The van der Waals surface area contributed by atoms with Gasteiger partial charge in [-0.15, -0.1) is 0 Å². The summed E-state index contributed by atoms with van der Waals surface area (Å²) >= 11 is 0. The number of hydrogen-bond donors (Lipinski definition) is 1. The van der Waals surface area contributed by atoms with Crippen LogP contribution in [0, 0.1) is 32.1 Å². The highest BCUT2D eigenvalue weighted by atomic mass is 16.5. The minimum absolute atomic E-state index is 0.380. The number of ether oxygens (including phenoxy) is 1. The fourth-order valence-electron chi connectivity index (χ4n) is 1.92. The van der Waals surface area contributed by atoms with E-state index in [1.807, 2.05) is 26.8 Å². The summed E-state index contributed by atoms with van der Waals surface area (Å²) in [6.45, 7) is 6.05. The lowest BCUT2D eigenvalue weighted by atomic mass is 10.1. The smallest absolute Gasteiger partial charge is 0.151 e. The van der Waals surface area contributed by atoms with E-state index < -0.39 is 0 Å². The van der Waals surface area contributed by atoms with E-state index in [4.69, 9.17) is 15.7 Å². The molecule has 2 N–H and O–H groups in total. The first kappa shape index (κ1) is 13.0. The first-order valence-corrected chi connectivity index (χ1v) is 6.08. The number of aryl methyl sites for hydroxylation is 2. The Labute approximate surface area is 113 Å². The van der Waals surface area contributed by atoms with Gasteiger partial charge in [-0.05, 0) is 49.6 Å². The topological polar surface area (TPSA) is 59.0 Å². The average Bonchev–Trinajstić information content (AvgIpc) is 2.41. The van der Waals surface area contributed by atoms with Crippen LogP contribution in [0.15, 0.2) is 30.3 Å². The standard InChI is InChI=1S/C16H16N2O/c1-10-7-8-11(2)16(12(10)3)19-14-6-4-5-13(9-17)15(14)18/h4-8H,18H2,1-3H3. The quantitative estimate of drug-likeness (QED) is 0.826. The van der Waals surface area contributed by atoms with Gasteiger partial charge >= 0.3 is 0 Å². The van der Waals surface area contributed by atoms with Crippen LogP contribution in [-0.2, 0) is 0 Å². The molecule has 96 valence electrons. The molecule has 19 heavy (non-hydrogen) atoms. The van der Waals surface area contributed by atoms with Crippen LogP contribution < -0.4 is 10.5 Å². The van der Waals surface area contributed by atoms with E-state index in [2.05, 4.69) is 12.1 Å². The van der Waals surface area contributed by atoms with Gasteiger partial charge in [0.25, 0.3) is 0 Å². The SMILES string of the molecule is Cc1ccc(C)c(Oc2cccc(C#N)c2N)c1C. The second kappa shape index (κ2) is 5.03. The second-order valence-corrected chi connectivity index (χ2v) is 4.58. The average molecular weight is 252 g/mol. The Morgan fingerprint density at radius 3 is 2.42 bits per heavy atom. The Hall–Kier alpha value is -2.47. The van der Waals surface area contributed by atoms with Crippen molar-refractivity contribution in [1.82, 2.24) is 0 Å². The molecule has 2 aromatic carbocycles. The zero-order valence-electron chi connectivity index (χ0n) is 11.3. The Balaban J connectivity index is 2.49.